The van der Waals surface area contributed by atoms with Crippen LogP contribution in [0.25, 0.3) is 11.3 Å². The largest absolute Gasteiger partial charge is 0.507 e. The van der Waals surface area contributed by atoms with Gasteiger partial charge in [0.05, 0.1) is 11.3 Å². The van der Waals surface area contributed by atoms with Crippen molar-refractivity contribution in [2.45, 2.75) is 51.2 Å². The molecule has 0 spiro atoms. The van der Waals surface area contributed by atoms with E-state index in [9.17, 15) is 23.4 Å². The summed E-state index contributed by atoms with van der Waals surface area (Å²) in [6.45, 7) is 2.60. The monoisotopic (exact) mass is 407 g/mol. The molecule has 2 aliphatic rings. The van der Waals surface area contributed by atoms with Crippen molar-refractivity contribution < 1.29 is 23.4 Å². The van der Waals surface area contributed by atoms with Gasteiger partial charge in [-0.05, 0) is 68.7 Å². The fourth-order valence-electron chi connectivity index (χ4n) is 4.58. The van der Waals surface area contributed by atoms with Crippen LogP contribution in [0.2, 0.25) is 0 Å². The number of aromatic hydroxyl groups is 1. The van der Waals surface area contributed by atoms with E-state index in [2.05, 4.69) is 15.1 Å². The van der Waals surface area contributed by atoms with Gasteiger partial charge in [-0.3, -0.25) is 0 Å². The van der Waals surface area contributed by atoms with E-state index in [-0.39, 0.29) is 12.2 Å². The van der Waals surface area contributed by atoms with Gasteiger partial charge in [-0.2, -0.15) is 13.2 Å². The summed E-state index contributed by atoms with van der Waals surface area (Å²) >= 11 is 0. The van der Waals surface area contributed by atoms with Crippen molar-refractivity contribution in [3.8, 4) is 17.0 Å². The predicted octanol–water partition coefficient (Wildman–Crippen LogP) is 4.09. The zero-order valence-electron chi connectivity index (χ0n) is 16.2. The summed E-state index contributed by atoms with van der Waals surface area (Å²) in [4.78, 5) is 2.26. The first kappa shape index (κ1) is 19.9. The van der Waals surface area contributed by atoms with Crippen molar-refractivity contribution in [2.75, 3.05) is 18.1 Å². The molecular weight excluding hydrogens is 383 g/mol. The van der Waals surface area contributed by atoms with E-state index in [4.69, 9.17) is 0 Å². The summed E-state index contributed by atoms with van der Waals surface area (Å²) in [7, 11) is 0. The molecule has 1 aliphatic heterocycles. The molecule has 29 heavy (non-hydrogen) atoms. The highest BCUT2D eigenvalue weighted by atomic mass is 19.4. The molecule has 0 bridgehead atoms. The van der Waals surface area contributed by atoms with Crippen LogP contribution in [0, 0.1) is 12.8 Å². The number of aryl methyl sites for hydroxylation is 1. The number of halogens is 3. The molecule has 2 heterocycles. The number of anilines is 1. The third-order valence-corrected chi connectivity index (χ3v) is 6.16. The van der Waals surface area contributed by atoms with E-state index in [1.165, 1.54) is 6.92 Å². The Morgan fingerprint density at radius 1 is 1.10 bits per heavy atom. The molecule has 156 valence electrons. The molecule has 4 rings (SSSR count). The summed E-state index contributed by atoms with van der Waals surface area (Å²) in [6.07, 6.45) is 0.284. The lowest BCUT2D eigenvalue weighted by atomic mass is 9.86. The van der Waals surface area contributed by atoms with E-state index < -0.39 is 17.5 Å². The molecule has 1 aromatic carbocycles. The van der Waals surface area contributed by atoms with Crippen molar-refractivity contribution in [2.24, 2.45) is 5.92 Å². The standard InChI is InChI=1S/C21H24F3N3O2/c1-12-8-15(21(22,23)24)10-18(29)19(12)17-9-14-6-7-27(20(14)26-25-17)16-4-2-13(11-28)3-5-16/h8-10,13,16,28-29H,2-7,11H2,1H3. The molecule has 2 aromatic rings. The Morgan fingerprint density at radius 3 is 2.45 bits per heavy atom. The highest BCUT2D eigenvalue weighted by Crippen LogP contribution is 2.40. The van der Waals surface area contributed by atoms with Crippen molar-refractivity contribution in [3.63, 3.8) is 0 Å². The fraction of sp³-hybridized carbons (Fsp3) is 0.524. The highest BCUT2D eigenvalue weighted by molar-refractivity contribution is 5.73. The van der Waals surface area contributed by atoms with Crippen LogP contribution in [0.5, 0.6) is 5.75 Å². The minimum absolute atomic E-state index is 0.239. The number of fused-ring (bicyclic) bond motifs is 1. The lowest BCUT2D eigenvalue weighted by molar-refractivity contribution is -0.137. The first-order valence-corrected chi connectivity index (χ1v) is 9.93. The highest BCUT2D eigenvalue weighted by Gasteiger charge is 2.34. The maximum atomic E-state index is 13.0. The zero-order chi connectivity index (χ0) is 20.8. The third-order valence-electron chi connectivity index (χ3n) is 6.16. The molecule has 1 aromatic heterocycles. The third kappa shape index (κ3) is 3.77. The van der Waals surface area contributed by atoms with Gasteiger partial charge < -0.3 is 15.1 Å². The summed E-state index contributed by atoms with van der Waals surface area (Å²) in [6, 6.07) is 3.97. The average molecular weight is 407 g/mol. The Bertz CT molecular complexity index is 886. The number of rotatable bonds is 3. The van der Waals surface area contributed by atoms with Gasteiger partial charge in [-0.15, -0.1) is 10.2 Å². The Balaban J connectivity index is 1.60. The van der Waals surface area contributed by atoms with Gasteiger partial charge in [0, 0.05) is 30.3 Å². The van der Waals surface area contributed by atoms with Gasteiger partial charge in [0.2, 0.25) is 0 Å². The summed E-state index contributed by atoms with van der Waals surface area (Å²) < 4.78 is 38.9. The van der Waals surface area contributed by atoms with E-state index in [0.717, 1.165) is 62.2 Å². The Hall–Kier alpha value is -2.35. The Labute approximate surface area is 167 Å². The number of aliphatic hydroxyl groups excluding tert-OH is 1. The van der Waals surface area contributed by atoms with Crippen molar-refractivity contribution in [3.05, 3.63) is 34.9 Å². The van der Waals surface area contributed by atoms with Gasteiger partial charge in [0.25, 0.3) is 0 Å². The second-order valence-electron chi connectivity index (χ2n) is 8.06. The summed E-state index contributed by atoms with van der Waals surface area (Å²) in [5, 5.41) is 28.2. The lowest BCUT2D eigenvalue weighted by Crippen LogP contribution is -2.38. The molecule has 0 unspecified atom stereocenters. The van der Waals surface area contributed by atoms with Crippen molar-refractivity contribution in [1.29, 1.82) is 0 Å². The number of hydrogen-bond donors (Lipinski definition) is 2. The van der Waals surface area contributed by atoms with Gasteiger partial charge in [0.1, 0.15) is 5.75 Å². The van der Waals surface area contributed by atoms with E-state index in [0.29, 0.717) is 23.2 Å². The van der Waals surface area contributed by atoms with Crippen LogP contribution in [-0.2, 0) is 12.6 Å². The molecule has 2 N–H and O–H groups in total. The Morgan fingerprint density at radius 2 is 1.83 bits per heavy atom. The summed E-state index contributed by atoms with van der Waals surface area (Å²) in [5.74, 6) is 0.765. The van der Waals surface area contributed by atoms with Gasteiger partial charge in [-0.25, -0.2) is 0 Å². The molecule has 0 saturated heterocycles. The predicted molar refractivity (Wildman–Crippen MR) is 103 cm³/mol. The van der Waals surface area contributed by atoms with Gasteiger partial charge >= 0.3 is 6.18 Å². The van der Waals surface area contributed by atoms with Crippen LogP contribution < -0.4 is 4.90 Å². The topological polar surface area (TPSA) is 69.5 Å². The smallest absolute Gasteiger partial charge is 0.416 e. The molecule has 1 fully saturated rings. The van der Waals surface area contributed by atoms with Crippen LogP contribution in [0.1, 0.15) is 42.4 Å². The van der Waals surface area contributed by atoms with Gasteiger partial charge in [-0.1, -0.05) is 0 Å². The van der Waals surface area contributed by atoms with E-state index >= 15 is 0 Å². The van der Waals surface area contributed by atoms with Crippen LogP contribution in [-0.4, -0.2) is 39.6 Å². The number of phenolic OH excluding ortho intramolecular Hbond substituents is 1. The van der Waals surface area contributed by atoms with Crippen LogP contribution in [0.15, 0.2) is 18.2 Å². The van der Waals surface area contributed by atoms with Gasteiger partial charge in [0.15, 0.2) is 5.82 Å². The molecule has 8 heteroatoms. The molecule has 0 atom stereocenters. The average Bonchev–Trinajstić information content (AvgIpc) is 3.10. The first-order chi connectivity index (χ1) is 13.8. The molecule has 0 amide bonds. The quantitative estimate of drug-likeness (QED) is 0.802. The number of benzene rings is 1. The number of nitrogens with zero attached hydrogens (tertiary/aromatic N) is 3. The van der Waals surface area contributed by atoms with Crippen molar-refractivity contribution in [1.82, 2.24) is 10.2 Å². The maximum absolute atomic E-state index is 13.0. The fourth-order valence-corrected chi connectivity index (χ4v) is 4.58. The number of hydrogen-bond acceptors (Lipinski definition) is 5. The molecule has 0 radical (unpaired) electrons. The molecule has 5 nitrogen and oxygen atoms in total. The van der Waals surface area contributed by atoms with E-state index in [1.807, 2.05) is 6.07 Å². The van der Waals surface area contributed by atoms with Crippen LogP contribution in [0.3, 0.4) is 0 Å². The lowest BCUT2D eigenvalue weighted by Gasteiger charge is -2.34. The van der Waals surface area contributed by atoms with Crippen LogP contribution in [0.4, 0.5) is 19.0 Å². The SMILES string of the molecule is Cc1cc(C(F)(F)F)cc(O)c1-c1cc2c(nn1)N(C1CCC(CO)CC1)CC2. The maximum Gasteiger partial charge on any atom is 0.416 e. The zero-order valence-corrected chi connectivity index (χ0v) is 16.2. The second-order valence-corrected chi connectivity index (χ2v) is 8.06. The molecule has 1 saturated carbocycles. The number of alkyl halides is 3. The number of aromatic nitrogens is 2. The van der Waals surface area contributed by atoms with Crippen LogP contribution >= 0.6 is 0 Å². The second kappa shape index (κ2) is 7.48. The minimum atomic E-state index is -4.51. The minimum Gasteiger partial charge on any atom is -0.507 e. The number of phenols is 1. The first-order valence-electron chi connectivity index (χ1n) is 9.93. The molecular formula is C21H24F3N3O2. The number of aliphatic hydroxyl groups is 1. The Kier molecular flexibility index (Phi) is 5.14. The van der Waals surface area contributed by atoms with E-state index in [1.54, 1.807) is 0 Å². The molecule has 1 aliphatic carbocycles. The summed E-state index contributed by atoms with van der Waals surface area (Å²) in [5.41, 5.74) is 1.10. The normalized spacial score (nSPS) is 22.0. The van der Waals surface area contributed by atoms with Crippen molar-refractivity contribution >= 4 is 5.82 Å².